The predicted octanol–water partition coefficient (Wildman–Crippen LogP) is 2.28. The third-order valence-electron chi connectivity index (χ3n) is 2.27. The molecule has 0 N–H and O–H groups in total. The Bertz CT molecular complexity index is 396. The average Bonchev–Trinajstić information content (AvgIpc) is 2.47. The molecule has 0 fully saturated rings. The van der Waals surface area contributed by atoms with Crippen LogP contribution in [0.2, 0.25) is 5.02 Å². The molecule has 0 amide bonds. The van der Waals surface area contributed by atoms with Crippen molar-refractivity contribution in [2.75, 3.05) is 0 Å². The summed E-state index contributed by atoms with van der Waals surface area (Å²) in [5.74, 6) is 0.120. The normalized spacial score (nSPS) is 14.4. The minimum atomic E-state index is 0.120. The van der Waals surface area contributed by atoms with Gasteiger partial charge in [0, 0.05) is 17.5 Å². The highest BCUT2D eigenvalue weighted by atomic mass is 35.5. The van der Waals surface area contributed by atoms with Gasteiger partial charge in [-0.15, -0.1) is 0 Å². The first-order valence-electron chi connectivity index (χ1n) is 4.03. The van der Waals surface area contributed by atoms with Gasteiger partial charge in [-0.05, 0) is 24.1 Å². The molecule has 2 rings (SSSR count). The van der Waals surface area contributed by atoms with Crippen LogP contribution in [0.3, 0.4) is 0 Å². The van der Waals surface area contributed by atoms with Crippen molar-refractivity contribution in [1.82, 2.24) is 0 Å². The van der Waals surface area contributed by atoms with Crippen molar-refractivity contribution in [3.8, 4) is 0 Å². The van der Waals surface area contributed by atoms with Gasteiger partial charge in [0.05, 0.1) is 5.02 Å². The zero-order valence-corrected chi connectivity index (χ0v) is 7.60. The zero-order valence-electron chi connectivity index (χ0n) is 6.84. The monoisotopic (exact) mass is 194 g/mol. The van der Waals surface area contributed by atoms with Gasteiger partial charge in [-0.25, -0.2) is 0 Å². The molecule has 0 saturated carbocycles. The number of benzene rings is 1. The van der Waals surface area contributed by atoms with Crippen molar-refractivity contribution in [2.24, 2.45) is 0 Å². The van der Waals surface area contributed by atoms with Crippen molar-refractivity contribution < 1.29 is 9.59 Å². The Balaban J connectivity index is 2.63. The Hall–Kier alpha value is -1.15. The fraction of sp³-hybridized carbons (Fsp3) is 0.200. The molecule has 1 aromatic rings. The van der Waals surface area contributed by atoms with Crippen molar-refractivity contribution in [3.63, 3.8) is 0 Å². The van der Waals surface area contributed by atoms with Gasteiger partial charge in [-0.2, -0.15) is 0 Å². The van der Waals surface area contributed by atoms with Gasteiger partial charge in [0.15, 0.2) is 12.1 Å². The molecule has 0 bridgehead atoms. The second-order valence-electron chi connectivity index (χ2n) is 3.07. The summed E-state index contributed by atoms with van der Waals surface area (Å²) in [6.07, 6.45) is 1.98. The minimum absolute atomic E-state index is 0.120. The molecule has 3 heteroatoms. The van der Waals surface area contributed by atoms with E-state index in [1.54, 1.807) is 12.1 Å². The van der Waals surface area contributed by atoms with Crippen molar-refractivity contribution in [2.45, 2.75) is 12.8 Å². The van der Waals surface area contributed by atoms with E-state index in [1.165, 1.54) is 0 Å². The molecule has 66 valence electrons. The molecule has 0 aliphatic heterocycles. The van der Waals surface area contributed by atoms with Crippen LogP contribution in [0.15, 0.2) is 12.1 Å². The summed E-state index contributed by atoms with van der Waals surface area (Å²) >= 11 is 5.79. The third kappa shape index (κ3) is 1.27. The second kappa shape index (κ2) is 2.96. The first-order chi connectivity index (χ1) is 6.22. The number of Topliss-reactive ketones (excluding diaryl/α,β-unsaturated/α-hetero) is 1. The lowest BCUT2D eigenvalue weighted by Crippen LogP contribution is -1.93. The van der Waals surface area contributed by atoms with Crippen LogP contribution in [-0.2, 0) is 6.42 Å². The maximum absolute atomic E-state index is 11.3. The number of halogens is 1. The van der Waals surface area contributed by atoms with Gasteiger partial charge in [-0.1, -0.05) is 11.6 Å². The van der Waals surface area contributed by atoms with Gasteiger partial charge in [0.25, 0.3) is 0 Å². The van der Waals surface area contributed by atoms with Crippen LogP contribution in [0.4, 0.5) is 0 Å². The van der Waals surface area contributed by atoms with E-state index in [4.69, 9.17) is 11.6 Å². The summed E-state index contributed by atoms with van der Waals surface area (Å²) in [5, 5.41) is 0.365. The van der Waals surface area contributed by atoms with Gasteiger partial charge in [0.2, 0.25) is 0 Å². The van der Waals surface area contributed by atoms with Crippen LogP contribution in [0, 0.1) is 0 Å². The zero-order chi connectivity index (χ0) is 9.42. The quantitative estimate of drug-likeness (QED) is 0.643. The molecule has 0 spiro atoms. The lowest BCUT2D eigenvalue weighted by atomic mass is 10.1. The molecule has 0 unspecified atom stereocenters. The first-order valence-corrected chi connectivity index (χ1v) is 4.41. The first kappa shape index (κ1) is 8.45. The number of hydrogen-bond acceptors (Lipinski definition) is 2. The van der Waals surface area contributed by atoms with E-state index in [0.717, 1.165) is 12.0 Å². The predicted molar refractivity (Wildman–Crippen MR) is 49.5 cm³/mol. The molecule has 1 aromatic carbocycles. The summed E-state index contributed by atoms with van der Waals surface area (Å²) in [5.41, 5.74) is 2.09. The number of hydrogen-bond donors (Lipinski definition) is 0. The second-order valence-corrected chi connectivity index (χ2v) is 3.48. The number of fused-ring (bicyclic) bond motifs is 1. The fourth-order valence-electron chi connectivity index (χ4n) is 1.58. The van der Waals surface area contributed by atoms with E-state index in [0.29, 0.717) is 28.9 Å². The Morgan fingerprint density at radius 3 is 2.77 bits per heavy atom. The minimum Gasteiger partial charge on any atom is -0.298 e. The van der Waals surface area contributed by atoms with Crippen molar-refractivity contribution in [1.29, 1.82) is 0 Å². The maximum Gasteiger partial charge on any atom is 0.163 e. The summed E-state index contributed by atoms with van der Waals surface area (Å²) in [4.78, 5) is 21.8. The van der Waals surface area contributed by atoms with Crippen LogP contribution >= 0.6 is 11.6 Å². The molecular formula is C10H7ClO2. The summed E-state index contributed by atoms with van der Waals surface area (Å²) in [7, 11) is 0. The number of rotatable bonds is 1. The lowest BCUT2D eigenvalue weighted by molar-refractivity contribution is 0.0994. The molecule has 0 heterocycles. The Morgan fingerprint density at radius 2 is 2.08 bits per heavy atom. The van der Waals surface area contributed by atoms with Crippen LogP contribution < -0.4 is 0 Å². The smallest absolute Gasteiger partial charge is 0.163 e. The summed E-state index contributed by atoms with van der Waals surface area (Å²) in [6, 6.07) is 3.30. The van der Waals surface area contributed by atoms with E-state index < -0.39 is 0 Å². The summed E-state index contributed by atoms with van der Waals surface area (Å²) in [6.45, 7) is 0. The van der Waals surface area contributed by atoms with Crippen LogP contribution in [0.5, 0.6) is 0 Å². The van der Waals surface area contributed by atoms with E-state index in [9.17, 15) is 9.59 Å². The topological polar surface area (TPSA) is 34.1 Å². The highest BCUT2D eigenvalue weighted by molar-refractivity contribution is 6.33. The molecule has 13 heavy (non-hydrogen) atoms. The molecule has 0 saturated heterocycles. The van der Waals surface area contributed by atoms with Crippen LogP contribution in [-0.4, -0.2) is 12.1 Å². The number of carbonyl (C=O) groups is 2. The number of ketones is 1. The Morgan fingerprint density at radius 1 is 1.31 bits per heavy atom. The molecule has 2 nitrogen and oxygen atoms in total. The largest absolute Gasteiger partial charge is 0.298 e. The SMILES string of the molecule is O=Cc1cc2c(cc1Cl)C(=O)CC2. The van der Waals surface area contributed by atoms with E-state index in [2.05, 4.69) is 0 Å². The standard InChI is InChI=1S/C10H7ClO2/c11-9-4-8-6(1-2-10(8)13)3-7(9)5-12/h3-5H,1-2H2. The van der Waals surface area contributed by atoms with Crippen molar-refractivity contribution in [3.05, 3.63) is 33.8 Å². The van der Waals surface area contributed by atoms with Gasteiger partial charge < -0.3 is 0 Å². The van der Waals surface area contributed by atoms with Gasteiger partial charge >= 0.3 is 0 Å². The number of aryl methyl sites for hydroxylation is 1. The van der Waals surface area contributed by atoms with Crippen molar-refractivity contribution >= 4 is 23.7 Å². The maximum atomic E-state index is 11.3. The average molecular weight is 195 g/mol. The van der Waals surface area contributed by atoms with Gasteiger partial charge in [0.1, 0.15) is 0 Å². The van der Waals surface area contributed by atoms with Crippen LogP contribution in [0.25, 0.3) is 0 Å². The highest BCUT2D eigenvalue weighted by Crippen LogP contribution is 2.27. The number of aldehydes is 1. The Kier molecular flexibility index (Phi) is 1.93. The van der Waals surface area contributed by atoms with Gasteiger partial charge in [-0.3, -0.25) is 9.59 Å². The van der Waals surface area contributed by atoms with E-state index in [-0.39, 0.29) is 5.78 Å². The van der Waals surface area contributed by atoms with E-state index in [1.807, 2.05) is 0 Å². The lowest BCUT2D eigenvalue weighted by Gasteiger charge is -2.00. The molecule has 0 aromatic heterocycles. The molecule has 1 aliphatic rings. The van der Waals surface area contributed by atoms with Crippen LogP contribution in [0.1, 0.15) is 32.7 Å². The number of carbonyl (C=O) groups excluding carboxylic acids is 2. The third-order valence-corrected chi connectivity index (χ3v) is 2.60. The molecule has 0 atom stereocenters. The molecular weight excluding hydrogens is 188 g/mol. The fourth-order valence-corrected chi connectivity index (χ4v) is 1.78. The molecule has 1 aliphatic carbocycles. The molecule has 0 radical (unpaired) electrons. The summed E-state index contributed by atoms with van der Waals surface area (Å²) < 4.78 is 0. The highest BCUT2D eigenvalue weighted by Gasteiger charge is 2.20. The Labute approximate surface area is 80.5 Å². The van der Waals surface area contributed by atoms with E-state index >= 15 is 0 Å².